The number of fused-ring (bicyclic) bond motifs is 6. The molecule has 0 unspecified atom stereocenters. The molecular weight excluding hydrogens is 949 g/mol. The van der Waals surface area contributed by atoms with Gasteiger partial charge in [-0.15, -0.1) is 0 Å². The second-order valence-corrected chi connectivity index (χ2v) is 22.0. The molecule has 2 aliphatic carbocycles. The van der Waals surface area contributed by atoms with Crippen molar-refractivity contribution >= 4 is 110 Å². The lowest BCUT2D eigenvalue weighted by molar-refractivity contribution is 0.643. The second kappa shape index (κ2) is 18.3. The Balaban J connectivity index is 0.919. The van der Waals surface area contributed by atoms with Crippen LogP contribution in [-0.2, 0) is 0 Å². The first-order valence-electron chi connectivity index (χ1n) is 28.2. The summed E-state index contributed by atoms with van der Waals surface area (Å²) >= 11 is 0. The molecule has 0 bridgehead atoms. The van der Waals surface area contributed by atoms with Crippen molar-refractivity contribution in [1.29, 1.82) is 0 Å². The first-order valence-corrected chi connectivity index (χ1v) is 28.2. The van der Waals surface area contributed by atoms with Gasteiger partial charge < -0.3 is 18.6 Å². The van der Waals surface area contributed by atoms with Gasteiger partial charge in [0.25, 0.3) is 0 Å². The zero-order chi connectivity index (χ0) is 51.3. The molecule has 14 aromatic rings. The van der Waals surface area contributed by atoms with Gasteiger partial charge in [-0.3, -0.25) is 0 Å². The highest BCUT2D eigenvalue weighted by Crippen LogP contribution is 2.52. The highest BCUT2D eigenvalue weighted by molar-refractivity contribution is 6.29. The summed E-state index contributed by atoms with van der Waals surface area (Å²) in [6, 6.07) is 85.1. The van der Waals surface area contributed by atoms with E-state index in [1.807, 2.05) is 0 Å². The number of nitrogens with zero attached hydrogens (tertiary/aromatic N) is 2. The second-order valence-electron chi connectivity index (χ2n) is 22.0. The fourth-order valence-electron chi connectivity index (χ4n) is 14.0. The van der Waals surface area contributed by atoms with E-state index in [-0.39, 0.29) is 0 Å². The van der Waals surface area contributed by atoms with Crippen LogP contribution < -0.4 is 9.80 Å². The molecule has 374 valence electrons. The Morgan fingerprint density at radius 1 is 0.269 bits per heavy atom. The van der Waals surface area contributed by atoms with Crippen LogP contribution in [0.2, 0.25) is 0 Å². The highest BCUT2D eigenvalue weighted by atomic mass is 16.3. The standard InChI is InChI=1S/C74H56N2O2/c1-3-15-47(16-4-1)49-31-39-55(40-32-49)75(67-29-13-27-61-59-25-11-23-57(51-19-7-8-20-51)71(59)77-73(61)67)65-45-37-53-36-44-64-66(46-38-54-35-43-63(65)69(53)70(54)64)76(56-41-33-50(34-42-56)48-17-5-2-6-18-48)68-30-14-28-62-60-26-12-24-58(52-21-9-10-22-52)72(60)78-74(62)68/h1-6,11-18,23-46,51-52H,7-10,19-22H2. The molecule has 0 radical (unpaired) electrons. The third kappa shape index (κ3) is 7.19. The van der Waals surface area contributed by atoms with Crippen LogP contribution >= 0.6 is 0 Å². The molecule has 2 heterocycles. The minimum Gasteiger partial charge on any atom is -0.454 e. The molecule has 2 aliphatic rings. The number of hydrogen-bond donors (Lipinski definition) is 0. The summed E-state index contributed by atoms with van der Waals surface area (Å²) in [6.45, 7) is 0. The molecule has 0 saturated heterocycles. The molecule has 0 N–H and O–H groups in total. The molecular formula is C74H56N2O2. The fourth-order valence-corrected chi connectivity index (χ4v) is 14.0. The predicted octanol–water partition coefficient (Wildman–Crippen LogP) is 22.0. The Bertz CT molecular complexity index is 4270. The summed E-state index contributed by atoms with van der Waals surface area (Å²) < 4.78 is 14.5. The summed E-state index contributed by atoms with van der Waals surface area (Å²) in [7, 11) is 0. The third-order valence-electron chi connectivity index (χ3n) is 17.7. The number of benzene rings is 12. The Labute approximate surface area is 453 Å². The Morgan fingerprint density at radius 2 is 0.628 bits per heavy atom. The first-order chi connectivity index (χ1) is 38.7. The predicted molar refractivity (Wildman–Crippen MR) is 327 cm³/mol. The Kier molecular flexibility index (Phi) is 10.6. The lowest BCUT2D eigenvalue weighted by atomic mass is 9.91. The minimum atomic E-state index is 0.521. The van der Waals surface area contributed by atoms with Gasteiger partial charge in [-0.2, -0.15) is 0 Å². The van der Waals surface area contributed by atoms with E-state index in [0.717, 1.165) is 67.2 Å². The maximum absolute atomic E-state index is 7.25. The summed E-state index contributed by atoms with van der Waals surface area (Å²) in [4.78, 5) is 4.90. The fraction of sp³-hybridized carbons (Fsp3) is 0.135. The highest BCUT2D eigenvalue weighted by Gasteiger charge is 2.29. The molecule has 0 atom stereocenters. The van der Waals surface area contributed by atoms with E-state index in [1.54, 1.807) is 0 Å². The zero-order valence-corrected chi connectivity index (χ0v) is 43.5. The van der Waals surface area contributed by atoms with Crippen molar-refractivity contribution in [2.75, 3.05) is 9.80 Å². The van der Waals surface area contributed by atoms with Crippen molar-refractivity contribution in [3.8, 4) is 22.3 Å². The summed E-state index contributed by atoms with van der Waals surface area (Å²) in [5, 5.41) is 11.9. The van der Waals surface area contributed by atoms with Crippen molar-refractivity contribution in [2.45, 2.75) is 63.2 Å². The molecule has 2 saturated carbocycles. The van der Waals surface area contributed by atoms with Gasteiger partial charge in [-0.25, -0.2) is 0 Å². The Hall–Kier alpha value is -9.12. The van der Waals surface area contributed by atoms with Crippen LogP contribution in [0.5, 0.6) is 0 Å². The molecule has 2 aromatic heterocycles. The monoisotopic (exact) mass is 1000 g/mol. The van der Waals surface area contributed by atoms with Crippen LogP contribution in [0.1, 0.15) is 74.3 Å². The van der Waals surface area contributed by atoms with Crippen LogP contribution in [-0.4, -0.2) is 0 Å². The molecule has 0 aliphatic heterocycles. The van der Waals surface area contributed by atoms with E-state index in [0.29, 0.717) is 11.8 Å². The quantitative estimate of drug-likeness (QED) is 0.128. The van der Waals surface area contributed by atoms with Crippen molar-refractivity contribution in [1.82, 2.24) is 0 Å². The number of rotatable bonds is 10. The largest absolute Gasteiger partial charge is 0.454 e. The maximum atomic E-state index is 7.25. The van der Waals surface area contributed by atoms with Gasteiger partial charge in [-0.1, -0.05) is 208 Å². The van der Waals surface area contributed by atoms with Gasteiger partial charge in [-0.05, 0) is 141 Å². The van der Waals surface area contributed by atoms with Crippen LogP contribution in [0.4, 0.5) is 34.1 Å². The minimum absolute atomic E-state index is 0.521. The van der Waals surface area contributed by atoms with E-state index in [9.17, 15) is 0 Å². The summed E-state index contributed by atoms with van der Waals surface area (Å²) in [6.07, 6.45) is 9.93. The van der Waals surface area contributed by atoms with Crippen molar-refractivity contribution in [3.05, 3.63) is 242 Å². The number of anilines is 6. The number of para-hydroxylation sites is 4. The topological polar surface area (TPSA) is 32.8 Å². The van der Waals surface area contributed by atoms with E-state index in [4.69, 9.17) is 8.83 Å². The van der Waals surface area contributed by atoms with Crippen molar-refractivity contribution in [2.24, 2.45) is 0 Å². The molecule has 0 spiro atoms. The molecule has 16 rings (SSSR count). The van der Waals surface area contributed by atoms with Crippen LogP contribution in [0.3, 0.4) is 0 Å². The summed E-state index contributed by atoms with van der Waals surface area (Å²) in [5.74, 6) is 1.04. The third-order valence-corrected chi connectivity index (χ3v) is 17.7. The van der Waals surface area contributed by atoms with Crippen LogP contribution in [0.15, 0.2) is 239 Å². The molecule has 78 heavy (non-hydrogen) atoms. The van der Waals surface area contributed by atoms with Crippen molar-refractivity contribution < 1.29 is 8.83 Å². The first kappa shape index (κ1) is 45.1. The average Bonchev–Trinajstić information content (AvgIpc) is 4.48. The molecule has 2 fully saturated rings. The zero-order valence-electron chi connectivity index (χ0n) is 43.5. The van der Waals surface area contributed by atoms with Gasteiger partial charge >= 0.3 is 0 Å². The van der Waals surface area contributed by atoms with Gasteiger partial charge in [0.2, 0.25) is 0 Å². The number of furan rings is 2. The van der Waals surface area contributed by atoms with Gasteiger partial charge in [0.15, 0.2) is 11.2 Å². The lowest BCUT2D eigenvalue weighted by Gasteiger charge is -2.29. The number of hydrogen-bond acceptors (Lipinski definition) is 4. The van der Waals surface area contributed by atoms with Crippen molar-refractivity contribution in [3.63, 3.8) is 0 Å². The van der Waals surface area contributed by atoms with Gasteiger partial charge in [0.05, 0.1) is 22.7 Å². The average molecular weight is 1010 g/mol. The molecule has 4 nitrogen and oxygen atoms in total. The molecule has 4 heteroatoms. The molecule has 0 amide bonds. The lowest BCUT2D eigenvalue weighted by Crippen LogP contribution is -2.12. The maximum Gasteiger partial charge on any atom is 0.159 e. The summed E-state index contributed by atoms with van der Waals surface area (Å²) in [5.41, 5.74) is 17.7. The smallest absolute Gasteiger partial charge is 0.159 e. The Morgan fingerprint density at radius 3 is 1.04 bits per heavy atom. The molecule has 12 aromatic carbocycles. The van der Waals surface area contributed by atoms with E-state index >= 15 is 0 Å². The van der Waals surface area contributed by atoms with E-state index in [1.165, 1.54) is 128 Å². The van der Waals surface area contributed by atoms with Crippen LogP contribution in [0.25, 0.3) is 98.4 Å². The SMILES string of the molecule is c1ccc(-c2ccc(N(c3ccc4ccc5c(N(c6ccc(-c7ccccc7)cc6)c6cccc7c6oc6c(C8CCCC8)cccc67)ccc6ccc3c4c65)c3cccc4c3oc3c(C5CCCC5)cccc34)cc2)cc1. The van der Waals surface area contributed by atoms with E-state index < -0.39 is 0 Å². The van der Waals surface area contributed by atoms with Gasteiger partial charge in [0, 0.05) is 43.7 Å². The normalized spacial score (nSPS) is 14.4. The van der Waals surface area contributed by atoms with E-state index in [2.05, 4.69) is 240 Å². The van der Waals surface area contributed by atoms with Crippen LogP contribution in [0, 0.1) is 0 Å². The van der Waals surface area contributed by atoms with Gasteiger partial charge in [0.1, 0.15) is 11.2 Å².